The molecule has 0 aromatic heterocycles. The van der Waals surface area contributed by atoms with E-state index in [1.165, 1.54) is 11.1 Å². The average molecular weight is 510 g/mol. The van der Waals surface area contributed by atoms with Crippen molar-refractivity contribution in [3.8, 4) is 28.7 Å². The third kappa shape index (κ3) is 5.27. The van der Waals surface area contributed by atoms with Crippen molar-refractivity contribution in [3.63, 3.8) is 0 Å². The van der Waals surface area contributed by atoms with Crippen molar-refractivity contribution < 1.29 is 23.7 Å². The summed E-state index contributed by atoms with van der Waals surface area (Å²) in [7, 11) is 1.69. The maximum absolute atomic E-state index is 6.32. The van der Waals surface area contributed by atoms with Gasteiger partial charge in [0.05, 0.1) is 7.11 Å². The van der Waals surface area contributed by atoms with Gasteiger partial charge in [0, 0.05) is 12.1 Å². The molecule has 0 radical (unpaired) electrons. The summed E-state index contributed by atoms with van der Waals surface area (Å²) in [4.78, 5) is 0. The predicted molar refractivity (Wildman–Crippen MR) is 145 cm³/mol. The molecule has 2 aliphatic rings. The first-order chi connectivity index (χ1) is 18.8. The summed E-state index contributed by atoms with van der Waals surface area (Å²) in [6, 6.07) is 28.7. The molecule has 1 unspecified atom stereocenters. The summed E-state index contributed by atoms with van der Waals surface area (Å²) >= 11 is 0. The molecular formula is C32H31NO5. The highest BCUT2D eigenvalue weighted by molar-refractivity contribution is 5.54. The van der Waals surface area contributed by atoms with E-state index in [1.807, 2.05) is 42.5 Å². The maximum Gasteiger partial charge on any atom is 0.231 e. The summed E-state index contributed by atoms with van der Waals surface area (Å²) < 4.78 is 29.6. The molecule has 1 N–H and O–H groups in total. The Morgan fingerprint density at radius 1 is 0.763 bits per heavy atom. The van der Waals surface area contributed by atoms with E-state index in [2.05, 4.69) is 47.8 Å². The fourth-order valence-electron chi connectivity index (χ4n) is 5.05. The molecule has 0 aliphatic carbocycles. The molecule has 0 saturated heterocycles. The Bertz CT molecular complexity index is 1390. The zero-order valence-corrected chi connectivity index (χ0v) is 21.4. The van der Waals surface area contributed by atoms with Crippen LogP contribution in [0.5, 0.6) is 28.7 Å². The van der Waals surface area contributed by atoms with E-state index in [1.54, 1.807) is 7.11 Å². The molecular weight excluding hydrogens is 478 g/mol. The van der Waals surface area contributed by atoms with Crippen molar-refractivity contribution in [2.45, 2.75) is 32.1 Å². The van der Waals surface area contributed by atoms with E-state index in [0.29, 0.717) is 13.2 Å². The summed E-state index contributed by atoms with van der Waals surface area (Å²) in [5, 5.41) is 3.71. The van der Waals surface area contributed by atoms with Crippen LogP contribution in [0.1, 0.15) is 33.9 Å². The minimum Gasteiger partial charge on any atom is -0.493 e. The maximum atomic E-state index is 6.32. The van der Waals surface area contributed by atoms with Crippen LogP contribution in [0.4, 0.5) is 0 Å². The van der Waals surface area contributed by atoms with Crippen molar-refractivity contribution >= 4 is 0 Å². The molecule has 38 heavy (non-hydrogen) atoms. The monoisotopic (exact) mass is 509 g/mol. The molecule has 6 nitrogen and oxygen atoms in total. The lowest BCUT2D eigenvalue weighted by atomic mass is 9.89. The van der Waals surface area contributed by atoms with Crippen LogP contribution in [0.2, 0.25) is 0 Å². The lowest BCUT2D eigenvalue weighted by molar-refractivity contribution is 0.173. The Labute approximate surface area is 223 Å². The number of hydrogen-bond acceptors (Lipinski definition) is 6. The first-order valence-corrected chi connectivity index (χ1v) is 13.0. The van der Waals surface area contributed by atoms with E-state index >= 15 is 0 Å². The van der Waals surface area contributed by atoms with E-state index in [9.17, 15) is 0 Å². The highest BCUT2D eigenvalue weighted by Gasteiger charge is 2.26. The van der Waals surface area contributed by atoms with Gasteiger partial charge >= 0.3 is 0 Å². The number of hydrogen-bond donors (Lipinski definition) is 1. The van der Waals surface area contributed by atoms with Gasteiger partial charge < -0.3 is 29.0 Å². The summed E-state index contributed by atoms with van der Waals surface area (Å²) in [5.41, 5.74) is 5.78. The van der Waals surface area contributed by atoms with E-state index in [0.717, 1.165) is 64.8 Å². The Balaban J connectivity index is 1.28. The van der Waals surface area contributed by atoms with Crippen LogP contribution in [0.15, 0.2) is 84.9 Å². The molecule has 0 spiro atoms. The van der Waals surface area contributed by atoms with Crippen LogP contribution in [0, 0.1) is 0 Å². The van der Waals surface area contributed by atoms with Gasteiger partial charge in [0.25, 0.3) is 0 Å². The van der Waals surface area contributed by atoms with Gasteiger partial charge in [-0.15, -0.1) is 0 Å². The van der Waals surface area contributed by atoms with Crippen LogP contribution < -0.4 is 29.0 Å². The molecule has 2 heterocycles. The number of methoxy groups -OCH3 is 1. The first-order valence-electron chi connectivity index (χ1n) is 13.0. The lowest BCUT2D eigenvalue weighted by Gasteiger charge is -2.29. The summed E-state index contributed by atoms with van der Waals surface area (Å²) in [6.07, 6.45) is 1.66. The average Bonchev–Trinajstić information content (AvgIpc) is 3.43. The van der Waals surface area contributed by atoms with Crippen LogP contribution in [0.3, 0.4) is 0 Å². The van der Waals surface area contributed by atoms with Gasteiger partial charge in [0.1, 0.15) is 19.0 Å². The quantitative estimate of drug-likeness (QED) is 0.298. The zero-order valence-electron chi connectivity index (χ0n) is 21.4. The zero-order chi connectivity index (χ0) is 25.7. The van der Waals surface area contributed by atoms with Gasteiger partial charge in [-0.25, -0.2) is 0 Å². The Morgan fingerprint density at radius 3 is 2.11 bits per heavy atom. The molecule has 0 saturated carbocycles. The molecule has 4 aromatic carbocycles. The standard InChI is InChI=1S/C32H31NO5/c1-34-29-15-24-12-13-33-27(26(24)17-31(29)36-20-23-10-6-3-7-11-23)14-25-16-30-32(38-21-37-30)18-28(25)35-19-22-8-4-2-5-9-22/h2-11,15-18,27,33H,12-14,19-21H2,1H3. The second kappa shape index (κ2) is 11.1. The van der Waals surface area contributed by atoms with Crippen LogP contribution >= 0.6 is 0 Å². The molecule has 2 aliphatic heterocycles. The second-order valence-electron chi connectivity index (χ2n) is 9.52. The molecule has 0 bridgehead atoms. The third-order valence-corrected chi connectivity index (χ3v) is 7.04. The van der Waals surface area contributed by atoms with Gasteiger partial charge in [0.15, 0.2) is 23.0 Å². The van der Waals surface area contributed by atoms with Gasteiger partial charge in [-0.1, -0.05) is 60.7 Å². The molecule has 6 rings (SSSR count). The van der Waals surface area contributed by atoms with E-state index < -0.39 is 0 Å². The number of benzene rings is 4. The molecule has 0 fully saturated rings. The second-order valence-corrected chi connectivity index (χ2v) is 9.52. The smallest absolute Gasteiger partial charge is 0.231 e. The number of nitrogens with one attached hydrogen (secondary N) is 1. The number of ether oxygens (including phenoxy) is 5. The van der Waals surface area contributed by atoms with Gasteiger partial charge in [-0.3, -0.25) is 0 Å². The Kier molecular flexibility index (Phi) is 7.05. The van der Waals surface area contributed by atoms with Crippen molar-refractivity contribution in [2.75, 3.05) is 20.4 Å². The van der Waals surface area contributed by atoms with Crippen LogP contribution in [0.25, 0.3) is 0 Å². The SMILES string of the molecule is COc1cc2c(cc1OCc1ccccc1)C(Cc1cc3c(cc1OCc1ccccc1)OCO3)NCC2. The highest BCUT2D eigenvalue weighted by atomic mass is 16.7. The lowest BCUT2D eigenvalue weighted by Crippen LogP contribution is -2.31. The minimum absolute atomic E-state index is 0.0863. The number of fused-ring (bicyclic) bond motifs is 2. The molecule has 0 amide bonds. The van der Waals surface area contributed by atoms with E-state index in [4.69, 9.17) is 23.7 Å². The summed E-state index contributed by atoms with van der Waals surface area (Å²) in [5.74, 6) is 3.78. The summed E-state index contributed by atoms with van der Waals surface area (Å²) in [6.45, 7) is 2.07. The van der Waals surface area contributed by atoms with Crippen LogP contribution in [-0.2, 0) is 26.1 Å². The molecule has 4 aromatic rings. The van der Waals surface area contributed by atoms with E-state index in [-0.39, 0.29) is 12.8 Å². The highest BCUT2D eigenvalue weighted by Crippen LogP contribution is 2.42. The first kappa shape index (κ1) is 24.2. The topological polar surface area (TPSA) is 58.2 Å². The number of rotatable bonds is 9. The van der Waals surface area contributed by atoms with Crippen molar-refractivity contribution in [2.24, 2.45) is 0 Å². The largest absolute Gasteiger partial charge is 0.493 e. The molecule has 194 valence electrons. The van der Waals surface area contributed by atoms with Gasteiger partial charge in [-0.05, 0) is 65.4 Å². The Morgan fingerprint density at radius 2 is 1.42 bits per heavy atom. The molecule has 1 atom stereocenters. The Hall–Kier alpha value is -4.16. The molecule has 6 heteroatoms. The minimum atomic E-state index is 0.0863. The fourth-order valence-corrected chi connectivity index (χ4v) is 5.05. The predicted octanol–water partition coefficient (Wildman–Crippen LogP) is 6.01. The van der Waals surface area contributed by atoms with Crippen LogP contribution in [-0.4, -0.2) is 20.4 Å². The van der Waals surface area contributed by atoms with Crippen molar-refractivity contribution in [3.05, 3.63) is 113 Å². The third-order valence-electron chi connectivity index (χ3n) is 7.04. The normalized spacial score (nSPS) is 15.6. The van der Waals surface area contributed by atoms with Crippen molar-refractivity contribution in [1.82, 2.24) is 5.32 Å². The van der Waals surface area contributed by atoms with Gasteiger partial charge in [-0.2, -0.15) is 0 Å². The van der Waals surface area contributed by atoms with Gasteiger partial charge in [0.2, 0.25) is 6.79 Å². The van der Waals surface area contributed by atoms with Crippen molar-refractivity contribution in [1.29, 1.82) is 0 Å². The fraction of sp³-hybridized carbons (Fsp3) is 0.250.